The summed E-state index contributed by atoms with van der Waals surface area (Å²) in [6, 6.07) is 8.05. The second-order valence-electron chi connectivity index (χ2n) is 3.28. The molecule has 3 heteroatoms. The maximum absolute atomic E-state index is 5.79. The Labute approximate surface area is 85.3 Å². The van der Waals surface area contributed by atoms with E-state index in [0.717, 1.165) is 24.4 Å². The first-order valence-electron chi connectivity index (χ1n) is 4.89. The Hall–Kier alpha value is -1.22. The van der Waals surface area contributed by atoms with E-state index in [4.69, 9.17) is 10.5 Å². The molecule has 0 aliphatic heterocycles. The minimum absolute atomic E-state index is 0.220. The molecule has 0 saturated carbocycles. The predicted molar refractivity (Wildman–Crippen MR) is 59.8 cm³/mol. The molecule has 0 unspecified atom stereocenters. The van der Waals surface area contributed by atoms with Gasteiger partial charge in [-0.05, 0) is 30.7 Å². The van der Waals surface area contributed by atoms with Gasteiger partial charge in [-0.2, -0.15) is 0 Å². The molecule has 0 aliphatic rings. The summed E-state index contributed by atoms with van der Waals surface area (Å²) in [4.78, 5) is 0. The van der Waals surface area contributed by atoms with Crippen molar-refractivity contribution in [2.24, 2.45) is 5.73 Å². The van der Waals surface area contributed by atoms with E-state index < -0.39 is 0 Å². The lowest BCUT2D eigenvalue weighted by molar-refractivity contribution is 0.415. The molecule has 14 heavy (non-hydrogen) atoms. The van der Waals surface area contributed by atoms with E-state index in [-0.39, 0.29) is 6.04 Å². The second-order valence-corrected chi connectivity index (χ2v) is 3.28. The SMILES string of the molecule is CC[C@@H](N)CNc1ccc(OC)cc1. The summed E-state index contributed by atoms with van der Waals surface area (Å²) < 4.78 is 5.06. The van der Waals surface area contributed by atoms with Gasteiger partial charge >= 0.3 is 0 Å². The molecular weight excluding hydrogens is 176 g/mol. The van der Waals surface area contributed by atoms with Crippen molar-refractivity contribution in [2.45, 2.75) is 19.4 Å². The Balaban J connectivity index is 2.43. The number of nitrogens with two attached hydrogens (primary N) is 1. The Bertz CT molecular complexity index is 258. The van der Waals surface area contributed by atoms with Crippen LogP contribution >= 0.6 is 0 Å². The standard InChI is InChI=1S/C11H18N2O/c1-3-9(12)8-13-10-4-6-11(14-2)7-5-10/h4-7,9,13H,3,8,12H2,1-2H3/t9-/m1/s1. The largest absolute Gasteiger partial charge is 0.497 e. The zero-order valence-electron chi connectivity index (χ0n) is 8.79. The van der Waals surface area contributed by atoms with Gasteiger partial charge in [-0.3, -0.25) is 0 Å². The van der Waals surface area contributed by atoms with Crippen LogP contribution in [0, 0.1) is 0 Å². The summed E-state index contributed by atoms with van der Waals surface area (Å²) in [5, 5.41) is 3.27. The maximum Gasteiger partial charge on any atom is 0.119 e. The van der Waals surface area contributed by atoms with E-state index in [2.05, 4.69) is 12.2 Å². The monoisotopic (exact) mass is 194 g/mol. The molecule has 0 spiro atoms. The van der Waals surface area contributed by atoms with Crippen LogP contribution in [-0.4, -0.2) is 19.7 Å². The average molecular weight is 194 g/mol. The lowest BCUT2D eigenvalue weighted by Crippen LogP contribution is -2.27. The van der Waals surface area contributed by atoms with E-state index in [9.17, 15) is 0 Å². The molecule has 78 valence electrons. The van der Waals surface area contributed by atoms with Gasteiger partial charge in [-0.1, -0.05) is 6.92 Å². The summed E-state index contributed by atoms with van der Waals surface area (Å²) in [6.45, 7) is 2.89. The quantitative estimate of drug-likeness (QED) is 0.752. The molecule has 3 nitrogen and oxygen atoms in total. The molecule has 0 saturated heterocycles. The van der Waals surface area contributed by atoms with Crippen molar-refractivity contribution in [1.29, 1.82) is 0 Å². The van der Waals surface area contributed by atoms with Gasteiger partial charge in [0.2, 0.25) is 0 Å². The van der Waals surface area contributed by atoms with Crippen LogP contribution in [0.4, 0.5) is 5.69 Å². The lowest BCUT2D eigenvalue weighted by atomic mass is 10.2. The van der Waals surface area contributed by atoms with Crippen LogP contribution in [-0.2, 0) is 0 Å². The number of hydrogen-bond donors (Lipinski definition) is 2. The number of methoxy groups -OCH3 is 1. The third kappa shape index (κ3) is 3.26. The number of nitrogens with one attached hydrogen (secondary N) is 1. The summed E-state index contributed by atoms with van der Waals surface area (Å²) in [5.41, 5.74) is 6.87. The highest BCUT2D eigenvalue weighted by Gasteiger charge is 1.98. The lowest BCUT2D eigenvalue weighted by Gasteiger charge is -2.11. The van der Waals surface area contributed by atoms with Gasteiger partial charge in [0.25, 0.3) is 0 Å². The first-order valence-corrected chi connectivity index (χ1v) is 4.89. The first kappa shape index (κ1) is 10.9. The van der Waals surface area contributed by atoms with Crippen molar-refractivity contribution >= 4 is 5.69 Å². The zero-order chi connectivity index (χ0) is 10.4. The van der Waals surface area contributed by atoms with E-state index in [1.807, 2.05) is 24.3 Å². The second kappa shape index (κ2) is 5.50. The topological polar surface area (TPSA) is 47.3 Å². The van der Waals surface area contributed by atoms with Gasteiger partial charge in [0.05, 0.1) is 7.11 Å². The van der Waals surface area contributed by atoms with Gasteiger partial charge in [0.1, 0.15) is 5.75 Å². The molecule has 1 aromatic rings. The van der Waals surface area contributed by atoms with Gasteiger partial charge < -0.3 is 15.8 Å². The Morgan fingerprint density at radius 3 is 2.50 bits per heavy atom. The summed E-state index contributed by atoms with van der Waals surface area (Å²) in [7, 11) is 1.66. The van der Waals surface area contributed by atoms with Gasteiger partial charge in [0.15, 0.2) is 0 Å². The van der Waals surface area contributed by atoms with E-state index in [0.29, 0.717) is 0 Å². The van der Waals surface area contributed by atoms with E-state index in [1.54, 1.807) is 7.11 Å². The maximum atomic E-state index is 5.79. The number of benzene rings is 1. The average Bonchev–Trinajstić information content (AvgIpc) is 2.26. The fourth-order valence-electron chi connectivity index (χ4n) is 1.10. The van der Waals surface area contributed by atoms with Crippen molar-refractivity contribution in [3.8, 4) is 5.75 Å². The van der Waals surface area contributed by atoms with Crippen molar-refractivity contribution in [2.75, 3.05) is 19.0 Å². The van der Waals surface area contributed by atoms with Crippen molar-refractivity contribution in [1.82, 2.24) is 0 Å². The summed E-state index contributed by atoms with van der Waals surface area (Å²) in [6.07, 6.45) is 0.989. The minimum atomic E-state index is 0.220. The molecule has 1 aromatic carbocycles. The molecular formula is C11H18N2O. The molecule has 0 fully saturated rings. The number of rotatable bonds is 5. The summed E-state index contributed by atoms with van der Waals surface area (Å²) in [5.74, 6) is 0.871. The Morgan fingerprint density at radius 1 is 1.36 bits per heavy atom. The van der Waals surface area contributed by atoms with Crippen molar-refractivity contribution < 1.29 is 4.74 Å². The highest BCUT2D eigenvalue weighted by Crippen LogP contribution is 2.14. The van der Waals surface area contributed by atoms with Crippen molar-refractivity contribution in [3.63, 3.8) is 0 Å². The Morgan fingerprint density at radius 2 is 2.00 bits per heavy atom. The minimum Gasteiger partial charge on any atom is -0.497 e. The molecule has 3 N–H and O–H groups in total. The predicted octanol–water partition coefficient (Wildman–Crippen LogP) is 1.84. The van der Waals surface area contributed by atoms with Crippen LogP contribution in [0.3, 0.4) is 0 Å². The van der Waals surface area contributed by atoms with Crippen LogP contribution in [0.15, 0.2) is 24.3 Å². The van der Waals surface area contributed by atoms with Crippen LogP contribution in [0.1, 0.15) is 13.3 Å². The molecule has 0 radical (unpaired) electrons. The summed E-state index contributed by atoms with van der Waals surface area (Å²) >= 11 is 0. The molecule has 0 heterocycles. The highest BCUT2D eigenvalue weighted by molar-refractivity contribution is 5.46. The zero-order valence-corrected chi connectivity index (χ0v) is 8.79. The molecule has 1 atom stereocenters. The third-order valence-corrected chi connectivity index (χ3v) is 2.18. The van der Waals surface area contributed by atoms with E-state index >= 15 is 0 Å². The third-order valence-electron chi connectivity index (χ3n) is 2.18. The molecule has 0 bridgehead atoms. The first-order chi connectivity index (χ1) is 6.76. The fraction of sp³-hybridized carbons (Fsp3) is 0.455. The van der Waals surface area contributed by atoms with Gasteiger partial charge in [-0.25, -0.2) is 0 Å². The fourth-order valence-corrected chi connectivity index (χ4v) is 1.10. The number of ether oxygens (including phenoxy) is 1. The molecule has 0 aromatic heterocycles. The van der Waals surface area contributed by atoms with Crippen molar-refractivity contribution in [3.05, 3.63) is 24.3 Å². The van der Waals surface area contributed by atoms with Crippen LogP contribution in [0.2, 0.25) is 0 Å². The molecule has 0 aliphatic carbocycles. The van der Waals surface area contributed by atoms with Crippen LogP contribution in [0.5, 0.6) is 5.75 Å². The van der Waals surface area contributed by atoms with Gasteiger partial charge in [0, 0.05) is 18.3 Å². The van der Waals surface area contributed by atoms with Gasteiger partial charge in [-0.15, -0.1) is 0 Å². The smallest absolute Gasteiger partial charge is 0.119 e. The Kier molecular flexibility index (Phi) is 4.26. The molecule has 1 rings (SSSR count). The number of hydrogen-bond acceptors (Lipinski definition) is 3. The van der Waals surface area contributed by atoms with Crippen LogP contribution in [0.25, 0.3) is 0 Å². The normalized spacial score (nSPS) is 12.2. The highest BCUT2D eigenvalue weighted by atomic mass is 16.5. The number of anilines is 1. The van der Waals surface area contributed by atoms with E-state index in [1.165, 1.54) is 0 Å². The molecule has 0 amide bonds. The van der Waals surface area contributed by atoms with Crippen LogP contribution < -0.4 is 15.8 Å².